The summed E-state index contributed by atoms with van der Waals surface area (Å²) in [5.41, 5.74) is 2.93. The number of aliphatic hydroxyl groups excluding tert-OH is 1. The summed E-state index contributed by atoms with van der Waals surface area (Å²) in [4.78, 5) is 6.39. The molecule has 3 rings (SSSR count). The van der Waals surface area contributed by atoms with E-state index in [1.165, 1.54) is 12.1 Å². The van der Waals surface area contributed by atoms with Crippen LogP contribution in [0, 0.1) is 5.82 Å². The Morgan fingerprint density at radius 1 is 1.11 bits per heavy atom. The summed E-state index contributed by atoms with van der Waals surface area (Å²) >= 11 is 1.59. The van der Waals surface area contributed by atoms with Gasteiger partial charge in [-0.25, -0.2) is 4.39 Å². The highest BCUT2D eigenvalue weighted by molar-refractivity contribution is 7.99. The van der Waals surface area contributed by atoms with Crippen LogP contribution in [0.4, 0.5) is 4.39 Å². The van der Waals surface area contributed by atoms with Crippen molar-refractivity contribution in [1.82, 2.24) is 0 Å². The first-order chi connectivity index (χ1) is 9.26. The highest BCUT2D eigenvalue weighted by Crippen LogP contribution is 2.31. The molecule has 0 radical (unpaired) electrons. The van der Waals surface area contributed by atoms with Gasteiger partial charge in [0.2, 0.25) is 0 Å². The number of rotatable bonds is 3. The van der Waals surface area contributed by atoms with Crippen LogP contribution in [-0.4, -0.2) is 17.4 Å². The predicted molar refractivity (Wildman–Crippen MR) is 74.3 cm³/mol. The van der Waals surface area contributed by atoms with Crippen molar-refractivity contribution in [3.63, 3.8) is 0 Å². The number of aliphatic imine (C=N–C) groups is 1. The van der Waals surface area contributed by atoms with Crippen molar-refractivity contribution in [2.75, 3.05) is 6.61 Å². The predicted octanol–water partition coefficient (Wildman–Crippen LogP) is 3.27. The van der Waals surface area contributed by atoms with Crippen molar-refractivity contribution in [3.05, 3.63) is 59.4 Å². The lowest BCUT2D eigenvalue weighted by Crippen LogP contribution is -2.03. The van der Waals surface area contributed by atoms with Gasteiger partial charge in [0.15, 0.2) is 0 Å². The lowest BCUT2D eigenvalue weighted by Gasteiger charge is -2.05. The Morgan fingerprint density at radius 2 is 1.84 bits per heavy atom. The summed E-state index contributed by atoms with van der Waals surface area (Å²) in [5.74, 6) is -0.223. The third-order valence-corrected chi connectivity index (χ3v) is 4.02. The van der Waals surface area contributed by atoms with Crippen molar-refractivity contribution >= 4 is 17.5 Å². The maximum Gasteiger partial charge on any atom is 0.123 e. The fraction of sp³-hybridized carbons (Fsp3) is 0.133. The van der Waals surface area contributed by atoms with Gasteiger partial charge in [-0.05, 0) is 42.0 Å². The molecule has 19 heavy (non-hydrogen) atoms. The number of benzene rings is 2. The SMILES string of the molecule is OCC1=NCc2cc(Sc3ccc(F)cc3)ccc21. The van der Waals surface area contributed by atoms with Gasteiger partial charge < -0.3 is 5.11 Å². The van der Waals surface area contributed by atoms with Crippen LogP contribution in [-0.2, 0) is 6.54 Å². The monoisotopic (exact) mass is 273 g/mol. The molecule has 1 heterocycles. The minimum atomic E-state index is -0.223. The van der Waals surface area contributed by atoms with Crippen molar-refractivity contribution in [1.29, 1.82) is 0 Å². The van der Waals surface area contributed by atoms with E-state index in [2.05, 4.69) is 11.1 Å². The third kappa shape index (κ3) is 2.55. The molecule has 1 aliphatic rings. The molecule has 1 aliphatic heterocycles. The molecule has 0 atom stereocenters. The molecule has 4 heteroatoms. The van der Waals surface area contributed by atoms with E-state index in [4.69, 9.17) is 0 Å². The molecule has 2 nitrogen and oxygen atoms in total. The molecule has 1 N–H and O–H groups in total. The minimum absolute atomic E-state index is 0.0164. The van der Waals surface area contributed by atoms with E-state index in [0.717, 1.165) is 26.6 Å². The normalized spacial score (nSPS) is 13.3. The molecule has 0 fully saturated rings. The number of fused-ring (bicyclic) bond motifs is 1. The molecule has 2 aromatic rings. The van der Waals surface area contributed by atoms with Crippen molar-refractivity contribution < 1.29 is 9.50 Å². The average Bonchev–Trinajstić information content (AvgIpc) is 2.83. The molecule has 0 saturated heterocycles. The second-order valence-electron chi connectivity index (χ2n) is 4.30. The van der Waals surface area contributed by atoms with E-state index in [1.807, 2.05) is 12.1 Å². The molecule has 0 spiro atoms. The second-order valence-corrected chi connectivity index (χ2v) is 5.44. The summed E-state index contributed by atoms with van der Waals surface area (Å²) in [6.45, 7) is 0.612. The van der Waals surface area contributed by atoms with Crippen LogP contribution in [0.5, 0.6) is 0 Å². The van der Waals surface area contributed by atoms with Gasteiger partial charge in [-0.3, -0.25) is 4.99 Å². The molecular formula is C15H12FNOS. The van der Waals surface area contributed by atoms with Crippen molar-refractivity contribution in [2.24, 2.45) is 4.99 Å². The van der Waals surface area contributed by atoms with Crippen LogP contribution < -0.4 is 0 Å². The Kier molecular flexibility index (Phi) is 3.36. The van der Waals surface area contributed by atoms with Crippen molar-refractivity contribution in [3.8, 4) is 0 Å². The van der Waals surface area contributed by atoms with Gasteiger partial charge in [-0.15, -0.1) is 0 Å². The maximum absolute atomic E-state index is 12.8. The Balaban J connectivity index is 1.83. The Morgan fingerprint density at radius 3 is 2.58 bits per heavy atom. The molecule has 0 saturated carbocycles. The first-order valence-electron chi connectivity index (χ1n) is 5.97. The fourth-order valence-electron chi connectivity index (χ4n) is 2.09. The fourth-order valence-corrected chi connectivity index (χ4v) is 2.97. The number of hydrogen-bond donors (Lipinski definition) is 1. The van der Waals surface area contributed by atoms with Crippen LogP contribution in [0.2, 0.25) is 0 Å². The summed E-state index contributed by atoms with van der Waals surface area (Å²) < 4.78 is 12.8. The van der Waals surface area contributed by atoms with Gasteiger partial charge in [0.1, 0.15) is 5.82 Å². The summed E-state index contributed by atoms with van der Waals surface area (Å²) in [7, 11) is 0. The third-order valence-electron chi connectivity index (χ3n) is 3.03. The zero-order chi connectivity index (χ0) is 13.2. The summed E-state index contributed by atoms with van der Waals surface area (Å²) in [5, 5.41) is 9.17. The van der Waals surface area contributed by atoms with E-state index in [-0.39, 0.29) is 12.4 Å². The van der Waals surface area contributed by atoms with Gasteiger partial charge >= 0.3 is 0 Å². The summed E-state index contributed by atoms with van der Waals surface area (Å²) in [6.07, 6.45) is 0. The molecular weight excluding hydrogens is 261 g/mol. The number of aliphatic hydroxyl groups is 1. The number of nitrogens with zero attached hydrogens (tertiary/aromatic N) is 1. The van der Waals surface area contributed by atoms with Crippen LogP contribution in [0.15, 0.2) is 57.2 Å². The highest BCUT2D eigenvalue weighted by atomic mass is 32.2. The van der Waals surface area contributed by atoms with Crippen LogP contribution in [0.25, 0.3) is 0 Å². The standard InChI is InChI=1S/C15H12FNOS/c16-11-1-3-12(4-2-11)19-13-5-6-14-10(7-13)8-17-15(14)9-18/h1-7,18H,8-9H2. The van der Waals surface area contributed by atoms with E-state index in [0.29, 0.717) is 6.54 Å². The Hall–Kier alpha value is -1.65. The first-order valence-corrected chi connectivity index (χ1v) is 6.79. The minimum Gasteiger partial charge on any atom is -0.390 e. The van der Waals surface area contributed by atoms with Crippen LogP contribution in [0.1, 0.15) is 11.1 Å². The quantitative estimate of drug-likeness (QED) is 0.931. The molecule has 0 bridgehead atoms. The van der Waals surface area contributed by atoms with Gasteiger partial charge in [-0.2, -0.15) is 0 Å². The van der Waals surface area contributed by atoms with Crippen molar-refractivity contribution in [2.45, 2.75) is 16.3 Å². The van der Waals surface area contributed by atoms with E-state index in [9.17, 15) is 9.50 Å². The van der Waals surface area contributed by atoms with Crippen LogP contribution >= 0.6 is 11.8 Å². The molecule has 0 aliphatic carbocycles. The lowest BCUT2D eigenvalue weighted by molar-refractivity contribution is 0.358. The Labute approximate surface area is 115 Å². The smallest absolute Gasteiger partial charge is 0.123 e. The average molecular weight is 273 g/mol. The largest absolute Gasteiger partial charge is 0.390 e. The number of hydrogen-bond acceptors (Lipinski definition) is 3. The van der Waals surface area contributed by atoms with Gasteiger partial charge in [-0.1, -0.05) is 17.8 Å². The lowest BCUT2D eigenvalue weighted by atomic mass is 10.1. The van der Waals surface area contributed by atoms with E-state index in [1.54, 1.807) is 23.9 Å². The molecule has 0 aromatic heterocycles. The number of halogens is 1. The molecule has 0 unspecified atom stereocenters. The second kappa shape index (κ2) is 5.15. The van der Waals surface area contributed by atoms with E-state index >= 15 is 0 Å². The topological polar surface area (TPSA) is 32.6 Å². The zero-order valence-electron chi connectivity index (χ0n) is 10.1. The van der Waals surface area contributed by atoms with E-state index < -0.39 is 0 Å². The van der Waals surface area contributed by atoms with Gasteiger partial charge in [0.25, 0.3) is 0 Å². The Bertz CT molecular complexity index is 637. The highest BCUT2D eigenvalue weighted by Gasteiger charge is 2.15. The van der Waals surface area contributed by atoms with Gasteiger partial charge in [0, 0.05) is 15.4 Å². The van der Waals surface area contributed by atoms with Gasteiger partial charge in [0.05, 0.1) is 18.9 Å². The van der Waals surface area contributed by atoms with Crippen LogP contribution in [0.3, 0.4) is 0 Å². The molecule has 0 amide bonds. The first kappa shape index (κ1) is 12.4. The maximum atomic E-state index is 12.8. The molecule has 96 valence electrons. The zero-order valence-corrected chi connectivity index (χ0v) is 11.0. The molecule has 2 aromatic carbocycles. The summed E-state index contributed by atoms with van der Waals surface area (Å²) in [6, 6.07) is 12.5.